The summed E-state index contributed by atoms with van der Waals surface area (Å²) in [4.78, 5) is 12.0. The Labute approximate surface area is 95.2 Å². The topological polar surface area (TPSA) is 59.0 Å². The molecule has 0 bridgehead atoms. The Hall–Kier alpha value is -1.36. The summed E-state index contributed by atoms with van der Waals surface area (Å²) in [5.41, 5.74) is 0. The molecule has 2 N–H and O–H groups in total. The van der Waals surface area contributed by atoms with Gasteiger partial charge in [-0.2, -0.15) is 5.10 Å². The van der Waals surface area contributed by atoms with Gasteiger partial charge in [-0.25, -0.2) is 0 Å². The van der Waals surface area contributed by atoms with Gasteiger partial charge in [-0.15, -0.1) is 0 Å². The zero-order valence-electron chi connectivity index (χ0n) is 9.57. The van der Waals surface area contributed by atoms with E-state index in [4.69, 9.17) is 0 Å². The van der Waals surface area contributed by atoms with Crippen LogP contribution in [0.3, 0.4) is 0 Å². The van der Waals surface area contributed by atoms with Crippen LogP contribution in [0.4, 0.5) is 5.82 Å². The molecule has 1 aliphatic heterocycles. The van der Waals surface area contributed by atoms with Crippen molar-refractivity contribution in [2.45, 2.75) is 31.7 Å². The van der Waals surface area contributed by atoms with Gasteiger partial charge in [0, 0.05) is 13.1 Å². The molecule has 5 nitrogen and oxygen atoms in total. The van der Waals surface area contributed by atoms with E-state index in [2.05, 4.69) is 15.7 Å². The van der Waals surface area contributed by atoms with Crippen LogP contribution < -0.4 is 10.6 Å². The van der Waals surface area contributed by atoms with Gasteiger partial charge in [0.15, 0.2) is 0 Å². The van der Waals surface area contributed by atoms with Crippen LogP contribution in [0, 0.1) is 0 Å². The van der Waals surface area contributed by atoms with Crippen LogP contribution in [0.25, 0.3) is 0 Å². The predicted octanol–water partition coefficient (Wildman–Crippen LogP) is 0.891. The predicted molar refractivity (Wildman–Crippen MR) is 62.1 cm³/mol. The Morgan fingerprint density at radius 2 is 2.44 bits per heavy atom. The number of hydrogen-bond donors (Lipinski definition) is 2. The van der Waals surface area contributed by atoms with E-state index < -0.39 is 0 Å². The van der Waals surface area contributed by atoms with Gasteiger partial charge in [-0.3, -0.25) is 9.48 Å². The molecule has 0 aliphatic carbocycles. The fourth-order valence-corrected chi connectivity index (χ4v) is 1.96. The van der Waals surface area contributed by atoms with E-state index in [1.165, 1.54) is 6.42 Å². The maximum atomic E-state index is 12.0. The SMILES string of the molecule is Cn1nccc1NC(=O)C1CCCCCN1. The molecule has 16 heavy (non-hydrogen) atoms. The number of amides is 1. The van der Waals surface area contributed by atoms with Crippen LogP contribution in [-0.4, -0.2) is 28.3 Å². The van der Waals surface area contributed by atoms with Gasteiger partial charge in [0.25, 0.3) is 0 Å². The highest BCUT2D eigenvalue weighted by molar-refractivity contribution is 5.94. The quantitative estimate of drug-likeness (QED) is 0.781. The molecular formula is C11H18N4O. The molecule has 5 heteroatoms. The summed E-state index contributed by atoms with van der Waals surface area (Å²) in [6.07, 6.45) is 6.09. The highest BCUT2D eigenvalue weighted by atomic mass is 16.2. The highest BCUT2D eigenvalue weighted by Gasteiger charge is 2.19. The molecule has 0 radical (unpaired) electrons. The van der Waals surface area contributed by atoms with Crippen molar-refractivity contribution in [3.8, 4) is 0 Å². The third-order valence-electron chi connectivity index (χ3n) is 2.95. The van der Waals surface area contributed by atoms with E-state index >= 15 is 0 Å². The van der Waals surface area contributed by atoms with E-state index in [1.807, 2.05) is 7.05 Å². The second-order valence-electron chi connectivity index (χ2n) is 4.19. The van der Waals surface area contributed by atoms with E-state index in [9.17, 15) is 4.79 Å². The maximum Gasteiger partial charge on any atom is 0.242 e. The number of aryl methyl sites for hydroxylation is 1. The number of hydrogen-bond acceptors (Lipinski definition) is 3. The minimum atomic E-state index is -0.0580. The second-order valence-corrected chi connectivity index (χ2v) is 4.19. The summed E-state index contributed by atoms with van der Waals surface area (Å²) >= 11 is 0. The first kappa shape index (κ1) is 11.1. The Morgan fingerprint density at radius 1 is 1.56 bits per heavy atom. The number of carbonyl (C=O) groups excluding carboxylic acids is 1. The van der Waals surface area contributed by atoms with E-state index in [0.717, 1.165) is 31.6 Å². The van der Waals surface area contributed by atoms with E-state index in [-0.39, 0.29) is 11.9 Å². The van der Waals surface area contributed by atoms with Crippen molar-refractivity contribution >= 4 is 11.7 Å². The van der Waals surface area contributed by atoms with Crippen LogP contribution in [0.15, 0.2) is 12.3 Å². The number of nitrogens with zero attached hydrogens (tertiary/aromatic N) is 2. The van der Waals surface area contributed by atoms with Gasteiger partial charge in [0.1, 0.15) is 5.82 Å². The summed E-state index contributed by atoms with van der Waals surface area (Å²) in [6, 6.07) is 1.74. The molecule has 1 atom stereocenters. The van der Waals surface area contributed by atoms with Crippen molar-refractivity contribution < 1.29 is 4.79 Å². The zero-order chi connectivity index (χ0) is 11.4. The van der Waals surface area contributed by atoms with Crippen LogP contribution in [0.1, 0.15) is 25.7 Å². The summed E-state index contributed by atoms with van der Waals surface area (Å²) in [5, 5.41) is 10.2. The second kappa shape index (κ2) is 5.12. The average Bonchev–Trinajstić information content (AvgIpc) is 2.57. The Balaban J connectivity index is 1.94. The number of aromatic nitrogens is 2. The zero-order valence-corrected chi connectivity index (χ0v) is 9.57. The minimum Gasteiger partial charge on any atom is -0.310 e. The fourth-order valence-electron chi connectivity index (χ4n) is 1.96. The lowest BCUT2D eigenvalue weighted by Crippen LogP contribution is -2.40. The van der Waals surface area contributed by atoms with Crippen molar-refractivity contribution in [1.29, 1.82) is 0 Å². The monoisotopic (exact) mass is 222 g/mol. The van der Waals surface area contributed by atoms with Gasteiger partial charge in [-0.1, -0.05) is 12.8 Å². The van der Waals surface area contributed by atoms with Crippen LogP contribution in [-0.2, 0) is 11.8 Å². The molecule has 1 aromatic heterocycles. The van der Waals surface area contributed by atoms with E-state index in [1.54, 1.807) is 16.9 Å². The lowest BCUT2D eigenvalue weighted by atomic mass is 10.1. The van der Waals surface area contributed by atoms with Crippen LogP contribution in [0.5, 0.6) is 0 Å². The van der Waals surface area contributed by atoms with Crippen LogP contribution in [0.2, 0.25) is 0 Å². The largest absolute Gasteiger partial charge is 0.310 e. The molecule has 2 heterocycles. The number of rotatable bonds is 2. The number of anilines is 1. The molecule has 0 saturated carbocycles. The smallest absolute Gasteiger partial charge is 0.242 e. The summed E-state index contributed by atoms with van der Waals surface area (Å²) in [7, 11) is 1.82. The third-order valence-corrected chi connectivity index (χ3v) is 2.95. The molecule has 2 rings (SSSR count). The molecule has 1 aliphatic rings. The van der Waals surface area contributed by atoms with Gasteiger partial charge in [0.05, 0.1) is 12.2 Å². The van der Waals surface area contributed by atoms with Crippen molar-refractivity contribution in [2.75, 3.05) is 11.9 Å². The van der Waals surface area contributed by atoms with Gasteiger partial charge < -0.3 is 10.6 Å². The fraction of sp³-hybridized carbons (Fsp3) is 0.636. The molecule has 88 valence electrons. The van der Waals surface area contributed by atoms with Crippen LogP contribution >= 0.6 is 0 Å². The summed E-state index contributed by atoms with van der Waals surface area (Å²) < 4.78 is 1.66. The van der Waals surface area contributed by atoms with Crippen molar-refractivity contribution in [3.05, 3.63) is 12.3 Å². The Kier molecular flexibility index (Phi) is 3.56. The highest BCUT2D eigenvalue weighted by Crippen LogP contribution is 2.11. The minimum absolute atomic E-state index is 0.0468. The number of carbonyl (C=O) groups is 1. The molecule has 1 fully saturated rings. The van der Waals surface area contributed by atoms with Crippen molar-refractivity contribution in [1.82, 2.24) is 15.1 Å². The standard InChI is InChI=1S/C11H18N4O/c1-15-10(6-8-13-15)14-11(16)9-5-3-2-4-7-12-9/h6,8-9,12H,2-5,7H2,1H3,(H,14,16). The molecular weight excluding hydrogens is 204 g/mol. The average molecular weight is 222 g/mol. The summed E-state index contributed by atoms with van der Waals surface area (Å²) in [5.74, 6) is 0.793. The van der Waals surface area contributed by atoms with E-state index in [0.29, 0.717) is 0 Å². The van der Waals surface area contributed by atoms with Gasteiger partial charge in [0.2, 0.25) is 5.91 Å². The lowest BCUT2D eigenvalue weighted by Gasteiger charge is -2.15. The third kappa shape index (κ3) is 2.61. The molecule has 1 amide bonds. The molecule has 1 unspecified atom stereocenters. The summed E-state index contributed by atoms with van der Waals surface area (Å²) in [6.45, 7) is 0.934. The van der Waals surface area contributed by atoms with Gasteiger partial charge >= 0.3 is 0 Å². The molecule has 1 saturated heterocycles. The van der Waals surface area contributed by atoms with Gasteiger partial charge in [-0.05, 0) is 19.4 Å². The molecule has 1 aromatic rings. The maximum absolute atomic E-state index is 12.0. The Morgan fingerprint density at radius 3 is 3.19 bits per heavy atom. The molecule has 0 spiro atoms. The normalized spacial score (nSPS) is 21.4. The molecule has 0 aromatic carbocycles. The number of nitrogens with one attached hydrogen (secondary N) is 2. The lowest BCUT2D eigenvalue weighted by molar-refractivity contribution is -0.118. The van der Waals surface area contributed by atoms with Crippen molar-refractivity contribution in [2.24, 2.45) is 7.05 Å². The first-order valence-electron chi connectivity index (χ1n) is 5.79. The van der Waals surface area contributed by atoms with Crippen molar-refractivity contribution in [3.63, 3.8) is 0 Å². The first-order valence-corrected chi connectivity index (χ1v) is 5.79. The first-order chi connectivity index (χ1) is 7.77. The Bertz CT molecular complexity index is 353.